The molecule has 0 bridgehead atoms. The van der Waals surface area contributed by atoms with Crippen LogP contribution in [0.4, 0.5) is 5.69 Å². The van der Waals surface area contributed by atoms with Gasteiger partial charge in [0.1, 0.15) is 17.4 Å². The lowest BCUT2D eigenvalue weighted by Gasteiger charge is -2.11. The third kappa shape index (κ3) is 3.58. The van der Waals surface area contributed by atoms with Crippen molar-refractivity contribution in [3.63, 3.8) is 0 Å². The fourth-order valence-corrected chi connectivity index (χ4v) is 3.50. The number of nitrogens with zero attached hydrogens (tertiary/aromatic N) is 1. The summed E-state index contributed by atoms with van der Waals surface area (Å²) < 4.78 is 7.02. The fourth-order valence-electron chi connectivity index (χ4n) is 2.62. The van der Waals surface area contributed by atoms with Crippen LogP contribution in [0.2, 0.25) is 0 Å². The highest BCUT2D eigenvalue weighted by Crippen LogP contribution is 2.25. The smallest absolute Gasteiger partial charge is 0.259 e. The van der Waals surface area contributed by atoms with Gasteiger partial charge in [-0.25, -0.2) is 4.98 Å². The highest BCUT2D eigenvalue weighted by molar-refractivity contribution is 7.18. The van der Waals surface area contributed by atoms with Crippen molar-refractivity contribution in [1.82, 2.24) is 4.98 Å². The van der Waals surface area contributed by atoms with Gasteiger partial charge < -0.3 is 10.1 Å². The maximum atomic E-state index is 12.6. The largest absolute Gasteiger partial charge is 0.486 e. The predicted octanol–water partition coefficient (Wildman–Crippen LogP) is 5.13. The van der Waals surface area contributed by atoms with E-state index in [0.29, 0.717) is 17.9 Å². The molecule has 4 nitrogen and oxygen atoms in total. The van der Waals surface area contributed by atoms with Gasteiger partial charge in [0.2, 0.25) is 0 Å². The monoisotopic (exact) mass is 360 g/mol. The molecular formula is C21H16N2O2S. The Morgan fingerprint density at radius 3 is 2.50 bits per heavy atom. The van der Waals surface area contributed by atoms with Gasteiger partial charge in [-0.2, -0.15) is 0 Å². The lowest BCUT2D eigenvalue weighted by molar-refractivity contribution is 0.102. The third-order valence-electron chi connectivity index (χ3n) is 3.85. The number of benzene rings is 3. The zero-order valence-electron chi connectivity index (χ0n) is 13.9. The molecule has 0 unspecified atom stereocenters. The first-order valence-electron chi connectivity index (χ1n) is 8.22. The topological polar surface area (TPSA) is 51.2 Å². The predicted molar refractivity (Wildman–Crippen MR) is 105 cm³/mol. The number of aromatic nitrogens is 1. The number of thiazole rings is 1. The number of nitrogens with one attached hydrogen (secondary N) is 1. The van der Waals surface area contributed by atoms with E-state index in [4.69, 9.17) is 4.74 Å². The van der Waals surface area contributed by atoms with Gasteiger partial charge in [-0.1, -0.05) is 42.5 Å². The Hall–Kier alpha value is -3.18. The van der Waals surface area contributed by atoms with Crippen molar-refractivity contribution < 1.29 is 9.53 Å². The van der Waals surface area contributed by atoms with E-state index >= 15 is 0 Å². The normalized spacial score (nSPS) is 10.6. The van der Waals surface area contributed by atoms with Crippen LogP contribution in [0.1, 0.15) is 15.4 Å². The molecule has 0 saturated carbocycles. The molecule has 5 heteroatoms. The second-order valence-corrected chi connectivity index (χ2v) is 6.80. The van der Waals surface area contributed by atoms with Gasteiger partial charge in [0.05, 0.1) is 15.8 Å². The van der Waals surface area contributed by atoms with E-state index in [1.165, 1.54) is 0 Å². The molecular weight excluding hydrogens is 344 g/mol. The number of anilines is 1. The van der Waals surface area contributed by atoms with Crippen molar-refractivity contribution in [1.29, 1.82) is 0 Å². The Balaban J connectivity index is 1.51. The van der Waals surface area contributed by atoms with E-state index in [2.05, 4.69) is 10.3 Å². The lowest BCUT2D eigenvalue weighted by Crippen LogP contribution is -2.13. The number of hydrogen-bond donors (Lipinski definition) is 1. The highest BCUT2D eigenvalue weighted by Gasteiger charge is 2.13. The second-order valence-electron chi connectivity index (χ2n) is 5.68. The van der Waals surface area contributed by atoms with Crippen LogP contribution in [-0.4, -0.2) is 10.9 Å². The minimum atomic E-state index is -0.198. The molecule has 0 fully saturated rings. The van der Waals surface area contributed by atoms with Gasteiger partial charge in [-0.3, -0.25) is 4.79 Å². The van der Waals surface area contributed by atoms with Gasteiger partial charge in [-0.15, -0.1) is 11.3 Å². The molecule has 26 heavy (non-hydrogen) atoms. The molecule has 0 aliphatic carbocycles. The van der Waals surface area contributed by atoms with Crippen molar-refractivity contribution in [2.75, 3.05) is 5.32 Å². The van der Waals surface area contributed by atoms with E-state index in [-0.39, 0.29) is 5.91 Å². The molecule has 128 valence electrons. The fraction of sp³-hybridized carbons (Fsp3) is 0.0476. The summed E-state index contributed by atoms with van der Waals surface area (Å²) in [5, 5.41) is 3.77. The SMILES string of the molecule is O=C(Nc1ccccc1)c1ccccc1OCc1nc2ccccc2s1. The molecule has 1 heterocycles. The first kappa shape index (κ1) is 16.3. The van der Waals surface area contributed by atoms with Gasteiger partial charge in [0.15, 0.2) is 0 Å². The maximum Gasteiger partial charge on any atom is 0.259 e. The number of para-hydroxylation sites is 3. The van der Waals surface area contributed by atoms with Crippen LogP contribution in [0.15, 0.2) is 78.9 Å². The van der Waals surface area contributed by atoms with Gasteiger partial charge >= 0.3 is 0 Å². The summed E-state index contributed by atoms with van der Waals surface area (Å²) in [4.78, 5) is 17.1. The summed E-state index contributed by atoms with van der Waals surface area (Å²) in [7, 11) is 0. The van der Waals surface area contributed by atoms with E-state index in [0.717, 1.165) is 20.9 Å². The zero-order valence-corrected chi connectivity index (χ0v) is 14.7. The van der Waals surface area contributed by atoms with Crippen molar-refractivity contribution >= 4 is 33.1 Å². The number of rotatable bonds is 5. The van der Waals surface area contributed by atoms with Crippen LogP contribution < -0.4 is 10.1 Å². The maximum absolute atomic E-state index is 12.6. The summed E-state index contributed by atoms with van der Waals surface area (Å²) >= 11 is 1.60. The summed E-state index contributed by atoms with van der Waals surface area (Å²) in [6.07, 6.45) is 0. The minimum Gasteiger partial charge on any atom is -0.486 e. The van der Waals surface area contributed by atoms with Crippen LogP contribution in [0, 0.1) is 0 Å². The molecule has 1 amide bonds. The van der Waals surface area contributed by atoms with Crippen LogP contribution in [-0.2, 0) is 6.61 Å². The number of ether oxygens (including phenoxy) is 1. The summed E-state index contributed by atoms with van der Waals surface area (Å²) in [5.41, 5.74) is 2.21. The molecule has 0 aliphatic heterocycles. The molecule has 0 aliphatic rings. The van der Waals surface area contributed by atoms with E-state index in [1.807, 2.05) is 66.7 Å². The number of amides is 1. The van der Waals surface area contributed by atoms with Gasteiger partial charge in [0, 0.05) is 5.69 Å². The summed E-state index contributed by atoms with van der Waals surface area (Å²) in [6, 6.07) is 24.6. The van der Waals surface area contributed by atoms with Crippen molar-refractivity contribution in [3.05, 3.63) is 89.4 Å². The number of fused-ring (bicyclic) bond motifs is 1. The first-order valence-corrected chi connectivity index (χ1v) is 9.04. The number of hydrogen-bond acceptors (Lipinski definition) is 4. The zero-order chi connectivity index (χ0) is 17.8. The Bertz CT molecular complexity index is 1010. The van der Waals surface area contributed by atoms with Crippen LogP contribution in [0.5, 0.6) is 5.75 Å². The molecule has 0 spiro atoms. The van der Waals surface area contributed by atoms with Crippen molar-refractivity contribution in [3.8, 4) is 5.75 Å². The van der Waals surface area contributed by atoms with Crippen LogP contribution in [0.3, 0.4) is 0 Å². The molecule has 1 N–H and O–H groups in total. The quantitative estimate of drug-likeness (QED) is 0.537. The molecule has 0 saturated heterocycles. The molecule has 4 aromatic rings. The third-order valence-corrected chi connectivity index (χ3v) is 4.86. The first-order chi connectivity index (χ1) is 12.8. The van der Waals surface area contributed by atoms with Crippen molar-refractivity contribution in [2.24, 2.45) is 0 Å². The minimum absolute atomic E-state index is 0.198. The van der Waals surface area contributed by atoms with Crippen molar-refractivity contribution in [2.45, 2.75) is 6.61 Å². The Morgan fingerprint density at radius 1 is 0.923 bits per heavy atom. The van der Waals surface area contributed by atoms with E-state index < -0.39 is 0 Å². The lowest BCUT2D eigenvalue weighted by atomic mass is 10.2. The summed E-state index contributed by atoms with van der Waals surface area (Å²) in [6.45, 7) is 0.328. The Labute approximate surface area is 155 Å². The second kappa shape index (κ2) is 7.37. The van der Waals surface area contributed by atoms with E-state index in [1.54, 1.807) is 23.5 Å². The average molecular weight is 360 g/mol. The molecule has 0 atom stereocenters. The van der Waals surface area contributed by atoms with Crippen LogP contribution in [0.25, 0.3) is 10.2 Å². The molecule has 3 aromatic carbocycles. The summed E-state index contributed by atoms with van der Waals surface area (Å²) in [5.74, 6) is 0.344. The Kier molecular flexibility index (Phi) is 4.62. The molecule has 1 aromatic heterocycles. The Morgan fingerprint density at radius 2 is 1.65 bits per heavy atom. The number of carbonyl (C=O) groups excluding carboxylic acids is 1. The van der Waals surface area contributed by atoms with E-state index in [9.17, 15) is 4.79 Å². The molecule has 4 rings (SSSR count). The number of carbonyl (C=O) groups is 1. The van der Waals surface area contributed by atoms with Gasteiger partial charge in [0.25, 0.3) is 5.91 Å². The van der Waals surface area contributed by atoms with Crippen LogP contribution >= 0.6 is 11.3 Å². The highest BCUT2D eigenvalue weighted by atomic mass is 32.1. The molecule has 0 radical (unpaired) electrons. The van der Waals surface area contributed by atoms with Gasteiger partial charge in [-0.05, 0) is 36.4 Å². The average Bonchev–Trinajstić information content (AvgIpc) is 3.10. The standard InChI is InChI=1S/C21H16N2O2S/c24-21(22-15-8-2-1-3-9-15)16-10-4-6-12-18(16)25-14-20-23-17-11-5-7-13-19(17)26-20/h1-13H,14H2,(H,22,24).